The average Bonchev–Trinajstić information content (AvgIpc) is 2.91. The summed E-state index contributed by atoms with van der Waals surface area (Å²) in [6.07, 6.45) is 8.60. The maximum absolute atomic E-state index is 4.75. The van der Waals surface area contributed by atoms with E-state index in [0.717, 1.165) is 29.3 Å². The number of thiophene rings is 1. The summed E-state index contributed by atoms with van der Waals surface area (Å²) >= 11 is 1.81. The van der Waals surface area contributed by atoms with E-state index in [1.165, 1.54) is 42.4 Å². The summed E-state index contributed by atoms with van der Waals surface area (Å²) in [6, 6.07) is 2.86. The van der Waals surface area contributed by atoms with Crippen molar-refractivity contribution in [2.24, 2.45) is 0 Å². The first-order chi connectivity index (χ1) is 9.80. The van der Waals surface area contributed by atoms with E-state index >= 15 is 0 Å². The zero-order valence-corrected chi connectivity index (χ0v) is 13.2. The largest absolute Gasteiger partial charge is 0.367 e. The van der Waals surface area contributed by atoms with Gasteiger partial charge < -0.3 is 5.32 Å². The lowest BCUT2D eigenvalue weighted by atomic mass is 9.95. The maximum atomic E-state index is 4.75. The minimum absolute atomic E-state index is 0.594. The van der Waals surface area contributed by atoms with Gasteiger partial charge in [0, 0.05) is 17.3 Å². The molecule has 0 radical (unpaired) electrons. The molecule has 0 atom stereocenters. The first kappa shape index (κ1) is 13.8. The second-order valence-electron chi connectivity index (χ2n) is 5.61. The van der Waals surface area contributed by atoms with Gasteiger partial charge >= 0.3 is 0 Å². The minimum atomic E-state index is 0.594. The SMILES string of the molecule is CCc1nc(NC2CCCCC2)c2cc(CC)sc2n1. The van der Waals surface area contributed by atoms with E-state index in [2.05, 4.69) is 30.2 Å². The van der Waals surface area contributed by atoms with Gasteiger partial charge in [-0.2, -0.15) is 0 Å². The number of hydrogen-bond acceptors (Lipinski definition) is 4. The Balaban J connectivity index is 1.95. The molecule has 4 heteroatoms. The quantitative estimate of drug-likeness (QED) is 0.896. The number of anilines is 1. The Morgan fingerprint density at radius 1 is 1.15 bits per heavy atom. The molecule has 0 saturated heterocycles. The van der Waals surface area contributed by atoms with E-state index in [1.807, 2.05) is 11.3 Å². The van der Waals surface area contributed by atoms with Crippen molar-refractivity contribution in [1.82, 2.24) is 9.97 Å². The Morgan fingerprint density at radius 3 is 2.65 bits per heavy atom. The van der Waals surface area contributed by atoms with Crippen LogP contribution in [0.25, 0.3) is 10.2 Å². The fourth-order valence-electron chi connectivity index (χ4n) is 2.90. The van der Waals surface area contributed by atoms with Crippen molar-refractivity contribution < 1.29 is 0 Å². The van der Waals surface area contributed by atoms with Crippen molar-refractivity contribution in [3.8, 4) is 0 Å². The number of aryl methyl sites for hydroxylation is 2. The van der Waals surface area contributed by atoms with E-state index in [4.69, 9.17) is 4.98 Å². The smallest absolute Gasteiger partial charge is 0.138 e. The van der Waals surface area contributed by atoms with Gasteiger partial charge in [0.15, 0.2) is 0 Å². The molecule has 2 heterocycles. The molecule has 20 heavy (non-hydrogen) atoms. The zero-order chi connectivity index (χ0) is 13.9. The lowest BCUT2D eigenvalue weighted by molar-refractivity contribution is 0.462. The molecule has 0 spiro atoms. The Labute approximate surface area is 124 Å². The van der Waals surface area contributed by atoms with Crippen LogP contribution in [0.4, 0.5) is 5.82 Å². The Morgan fingerprint density at radius 2 is 1.95 bits per heavy atom. The van der Waals surface area contributed by atoms with E-state index in [-0.39, 0.29) is 0 Å². The Kier molecular flexibility index (Phi) is 4.20. The molecule has 2 aromatic heterocycles. The normalized spacial score (nSPS) is 16.7. The van der Waals surface area contributed by atoms with Gasteiger partial charge in [0.2, 0.25) is 0 Å². The van der Waals surface area contributed by atoms with Crippen molar-refractivity contribution in [1.29, 1.82) is 0 Å². The lowest BCUT2D eigenvalue weighted by Gasteiger charge is -2.23. The summed E-state index contributed by atoms with van der Waals surface area (Å²) in [5.74, 6) is 2.02. The van der Waals surface area contributed by atoms with E-state index in [1.54, 1.807) is 0 Å². The van der Waals surface area contributed by atoms with Gasteiger partial charge in [-0.25, -0.2) is 9.97 Å². The second-order valence-corrected chi connectivity index (χ2v) is 6.72. The van der Waals surface area contributed by atoms with Crippen LogP contribution in [0, 0.1) is 0 Å². The maximum Gasteiger partial charge on any atom is 0.138 e. The highest BCUT2D eigenvalue weighted by Gasteiger charge is 2.17. The molecular weight excluding hydrogens is 266 g/mol. The number of hydrogen-bond donors (Lipinski definition) is 1. The van der Waals surface area contributed by atoms with Crippen molar-refractivity contribution in [2.45, 2.75) is 64.8 Å². The highest BCUT2D eigenvalue weighted by molar-refractivity contribution is 7.18. The van der Waals surface area contributed by atoms with E-state index < -0.39 is 0 Å². The Bertz CT molecular complexity index is 585. The standard InChI is InChI=1S/C16H23N3S/c1-3-12-10-13-15(17-11-8-6-5-7-9-11)18-14(4-2)19-16(13)20-12/h10-11H,3-9H2,1-2H3,(H,17,18,19). The molecule has 0 amide bonds. The summed E-state index contributed by atoms with van der Waals surface area (Å²) in [4.78, 5) is 12.0. The molecule has 3 nitrogen and oxygen atoms in total. The number of nitrogens with zero attached hydrogens (tertiary/aromatic N) is 2. The van der Waals surface area contributed by atoms with Crippen LogP contribution in [0.2, 0.25) is 0 Å². The molecule has 0 unspecified atom stereocenters. The van der Waals surface area contributed by atoms with Gasteiger partial charge in [0.1, 0.15) is 16.5 Å². The summed E-state index contributed by atoms with van der Waals surface area (Å²) in [6.45, 7) is 4.33. The van der Waals surface area contributed by atoms with Crippen LogP contribution >= 0.6 is 11.3 Å². The molecule has 1 fully saturated rings. The van der Waals surface area contributed by atoms with E-state index in [9.17, 15) is 0 Å². The third-order valence-electron chi connectivity index (χ3n) is 4.10. The van der Waals surface area contributed by atoms with Gasteiger partial charge in [-0.05, 0) is 25.3 Å². The summed E-state index contributed by atoms with van der Waals surface area (Å²) in [5, 5.41) is 4.91. The monoisotopic (exact) mass is 289 g/mol. The highest BCUT2D eigenvalue weighted by Crippen LogP contribution is 2.31. The first-order valence-corrected chi connectivity index (χ1v) is 8.67. The molecule has 2 aromatic rings. The van der Waals surface area contributed by atoms with Crippen molar-refractivity contribution >= 4 is 27.4 Å². The second kappa shape index (κ2) is 6.08. The number of rotatable bonds is 4. The molecule has 1 aliphatic rings. The van der Waals surface area contributed by atoms with Crippen LogP contribution in [0.15, 0.2) is 6.07 Å². The topological polar surface area (TPSA) is 37.8 Å². The molecule has 108 valence electrons. The third-order valence-corrected chi connectivity index (χ3v) is 5.27. The molecule has 3 rings (SSSR count). The van der Waals surface area contributed by atoms with Gasteiger partial charge in [-0.3, -0.25) is 0 Å². The van der Waals surface area contributed by atoms with Gasteiger partial charge in [0.05, 0.1) is 5.39 Å². The first-order valence-electron chi connectivity index (χ1n) is 7.86. The van der Waals surface area contributed by atoms with Crippen LogP contribution in [0.5, 0.6) is 0 Å². The van der Waals surface area contributed by atoms with Crippen LogP contribution in [-0.2, 0) is 12.8 Å². The predicted octanol–water partition coefficient (Wildman–Crippen LogP) is 4.56. The third kappa shape index (κ3) is 2.80. The van der Waals surface area contributed by atoms with Crippen LogP contribution < -0.4 is 5.32 Å². The molecule has 1 N–H and O–H groups in total. The van der Waals surface area contributed by atoms with Gasteiger partial charge in [-0.15, -0.1) is 11.3 Å². The molecule has 0 aliphatic heterocycles. The summed E-state index contributed by atoms with van der Waals surface area (Å²) in [7, 11) is 0. The molecule has 0 bridgehead atoms. The number of fused-ring (bicyclic) bond motifs is 1. The molecule has 1 aliphatic carbocycles. The predicted molar refractivity (Wildman–Crippen MR) is 86.7 cm³/mol. The van der Waals surface area contributed by atoms with Crippen molar-refractivity contribution in [3.63, 3.8) is 0 Å². The van der Waals surface area contributed by atoms with E-state index in [0.29, 0.717) is 6.04 Å². The van der Waals surface area contributed by atoms with Gasteiger partial charge in [0.25, 0.3) is 0 Å². The number of aromatic nitrogens is 2. The van der Waals surface area contributed by atoms with Crippen LogP contribution in [0.3, 0.4) is 0 Å². The van der Waals surface area contributed by atoms with Crippen LogP contribution in [-0.4, -0.2) is 16.0 Å². The zero-order valence-electron chi connectivity index (χ0n) is 12.4. The van der Waals surface area contributed by atoms with Crippen LogP contribution in [0.1, 0.15) is 56.7 Å². The highest BCUT2D eigenvalue weighted by atomic mass is 32.1. The number of nitrogens with one attached hydrogen (secondary N) is 1. The molecular formula is C16H23N3S. The fourth-order valence-corrected chi connectivity index (χ4v) is 3.88. The average molecular weight is 289 g/mol. The van der Waals surface area contributed by atoms with Crippen molar-refractivity contribution in [3.05, 3.63) is 16.8 Å². The summed E-state index contributed by atoms with van der Waals surface area (Å²) < 4.78 is 0. The Hall–Kier alpha value is -1.16. The van der Waals surface area contributed by atoms with Crippen molar-refractivity contribution in [2.75, 3.05) is 5.32 Å². The fraction of sp³-hybridized carbons (Fsp3) is 0.625. The lowest BCUT2D eigenvalue weighted by Crippen LogP contribution is -2.23. The minimum Gasteiger partial charge on any atom is -0.367 e. The molecule has 1 saturated carbocycles. The summed E-state index contributed by atoms with van der Waals surface area (Å²) in [5.41, 5.74) is 0. The van der Waals surface area contributed by atoms with Gasteiger partial charge in [-0.1, -0.05) is 33.1 Å². The molecule has 0 aromatic carbocycles.